The molecular formula is C13H23N3O. The summed E-state index contributed by atoms with van der Waals surface area (Å²) in [6.07, 6.45) is 4.48. The molecule has 4 heteroatoms. The zero-order chi connectivity index (χ0) is 12.5. The molecule has 1 rings (SSSR count). The lowest BCUT2D eigenvalue weighted by atomic mass is 10.2. The number of nitrogens with one attached hydrogen (secondary N) is 1. The molecule has 1 aromatic rings. The molecule has 1 aromatic carbocycles. The number of rotatable bonds is 8. The Morgan fingerprint density at radius 2 is 2.12 bits per heavy atom. The molecular weight excluding hydrogens is 214 g/mol. The highest BCUT2D eigenvalue weighted by molar-refractivity contribution is 5.30. The summed E-state index contributed by atoms with van der Waals surface area (Å²) in [5.41, 5.74) is 9.21. The summed E-state index contributed by atoms with van der Waals surface area (Å²) >= 11 is 0. The highest BCUT2D eigenvalue weighted by Gasteiger charge is 2.03. The Morgan fingerprint density at radius 1 is 1.29 bits per heavy atom. The number of benzene rings is 1. The minimum Gasteiger partial charge on any atom is -0.494 e. The monoisotopic (exact) mass is 237 g/mol. The lowest BCUT2D eigenvalue weighted by Gasteiger charge is -2.12. The Balaban J connectivity index is 2.38. The third kappa shape index (κ3) is 5.17. The molecule has 0 aliphatic heterocycles. The molecule has 0 aliphatic rings. The molecule has 0 fully saturated rings. The summed E-state index contributed by atoms with van der Waals surface area (Å²) in [5, 5.41) is 0. The first-order valence-corrected chi connectivity index (χ1v) is 6.22. The SMILES string of the molecule is CCCCCCOc1cccc(C(N)NN)c1. The maximum Gasteiger partial charge on any atom is 0.119 e. The smallest absolute Gasteiger partial charge is 0.119 e. The molecule has 0 spiro atoms. The van der Waals surface area contributed by atoms with Crippen LogP contribution in [0.15, 0.2) is 24.3 Å². The fourth-order valence-corrected chi connectivity index (χ4v) is 1.61. The van der Waals surface area contributed by atoms with Gasteiger partial charge in [0.1, 0.15) is 5.75 Å². The van der Waals surface area contributed by atoms with E-state index in [0.717, 1.165) is 24.3 Å². The lowest BCUT2D eigenvalue weighted by Crippen LogP contribution is -2.34. The number of unbranched alkanes of at least 4 members (excludes halogenated alkanes) is 3. The Morgan fingerprint density at radius 3 is 2.82 bits per heavy atom. The third-order valence-electron chi connectivity index (χ3n) is 2.66. The van der Waals surface area contributed by atoms with Crippen LogP contribution in [0.5, 0.6) is 5.75 Å². The topological polar surface area (TPSA) is 73.3 Å². The normalized spacial score (nSPS) is 12.4. The Bertz CT molecular complexity index is 317. The summed E-state index contributed by atoms with van der Waals surface area (Å²) in [4.78, 5) is 0. The Labute approximate surface area is 103 Å². The number of nitrogens with two attached hydrogens (primary N) is 2. The fraction of sp³-hybridized carbons (Fsp3) is 0.538. The van der Waals surface area contributed by atoms with Gasteiger partial charge in [0.2, 0.25) is 0 Å². The van der Waals surface area contributed by atoms with E-state index in [2.05, 4.69) is 12.3 Å². The standard InChI is InChI=1S/C13H23N3O/c1-2-3-4-5-9-17-12-8-6-7-11(10-12)13(14)16-15/h6-8,10,13,16H,2-5,9,14-15H2,1H3. The maximum atomic E-state index is 5.77. The minimum absolute atomic E-state index is 0.348. The second-order valence-corrected chi connectivity index (χ2v) is 4.13. The molecule has 1 atom stereocenters. The van der Waals surface area contributed by atoms with Gasteiger partial charge in [-0.3, -0.25) is 5.84 Å². The third-order valence-corrected chi connectivity index (χ3v) is 2.66. The van der Waals surface area contributed by atoms with Crippen molar-refractivity contribution in [1.82, 2.24) is 5.43 Å². The van der Waals surface area contributed by atoms with Crippen LogP contribution in [0.1, 0.15) is 44.3 Å². The predicted octanol–water partition coefficient (Wildman–Crippen LogP) is 2.07. The number of hydrogen-bond acceptors (Lipinski definition) is 4. The van der Waals surface area contributed by atoms with Gasteiger partial charge in [-0.05, 0) is 24.1 Å². The quantitative estimate of drug-likeness (QED) is 0.280. The molecule has 0 saturated carbocycles. The molecule has 0 bridgehead atoms. The summed E-state index contributed by atoms with van der Waals surface area (Å²) in [5.74, 6) is 6.14. The Hall–Kier alpha value is -1.10. The summed E-state index contributed by atoms with van der Waals surface area (Å²) in [6.45, 7) is 2.96. The van der Waals surface area contributed by atoms with Gasteiger partial charge < -0.3 is 10.5 Å². The molecule has 5 N–H and O–H groups in total. The summed E-state index contributed by atoms with van der Waals surface area (Å²) in [7, 11) is 0. The van der Waals surface area contributed by atoms with Gasteiger partial charge in [-0.25, -0.2) is 5.43 Å². The predicted molar refractivity (Wildman–Crippen MR) is 70.3 cm³/mol. The average molecular weight is 237 g/mol. The van der Waals surface area contributed by atoms with E-state index in [0.29, 0.717) is 0 Å². The van der Waals surface area contributed by atoms with Gasteiger partial charge >= 0.3 is 0 Å². The van der Waals surface area contributed by atoms with E-state index in [1.807, 2.05) is 24.3 Å². The molecule has 4 nitrogen and oxygen atoms in total. The van der Waals surface area contributed by atoms with E-state index >= 15 is 0 Å². The average Bonchev–Trinajstić information content (AvgIpc) is 2.38. The van der Waals surface area contributed by atoms with Gasteiger partial charge in [0.15, 0.2) is 0 Å². The van der Waals surface area contributed by atoms with Crippen LogP contribution in [-0.2, 0) is 0 Å². The minimum atomic E-state index is -0.348. The highest BCUT2D eigenvalue weighted by Crippen LogP contribution is 2.16. The number of hydrogen-bond donors (Lipinski definition) is 3. The van der Waals surface area contributed by atoms with Crippen LogP contribution in [0.2, 0.25) is 0 Å². The van der Waals surface area contributed by atoms with E-state index in [9.17, 15) is 0 Å². The first-order valence-electron chi connectivity index (χ1n) is 6.22. The van der Waals surface area contributed by atoms with Crippen LogP contribution in [0.4, 0.5) is 0 Å². The Kier molecular flexibility index (Phi) is 6.62. The van der Waals surface area contributed by atoms with Crippen LogP contribution < -0.4 is 21.7 Å². The van der Waals surface area contributed by atoms with Crippen LogP contribution in [0.25, 0.3) is 0 Å². The van der Waals surface area contributed by atoms with Gasteiger partial charge in [0.25, 0.3) is 0 Å². The van der Waals surface area contributed by atoms with Crippen molar-refractivity contribution in [3.8, 4) is 5.75 Å². The maximum absolute atomic E-state index is 5.77. The van der Waals surface area contributed by atoms with Crippen molar-refractivity contribution in [2.24, 2.45) is 11.6 Å². The second-order valence-electron chi connectivity index (χ2n) is 4.13. The molecule has 1 unspecified atom stereocenters. The van der Waals surface area contributed by atoms with Crippen LogP contribution in [0.3, 0.4) is 0 Å². The van der Waals surface area contributed by atoms with Crippen molar-refractivity contribution in [3.05, 3.63) is 29.8 Å². The van der Waals surface area contributed by atoms with Crippen molar-refractivity contribution in [3.63, 3.8) is 0 Å². The molecule has 0 aromatic heterocycles. The van der Waals surface area contributed by atoms with Crippen LogP contribution in [0, 0.1) is 0 Å². The van der Waals surface area contributed by atoms with Gasteiger partial charge in [-0.1, -0.05) is 38.3 Å². The van der Waals surface area contributed by atoms with E-state index in [1.165, 1.54) is 19.3 Å². The zero-order valence-electron chi connectivity index (χ0n) is 10.5. The van der Waals surface area contributed by atoms with Gasteiger partial charge in [0, 0.05) is 0 Å². The highest BCUT2D eigenvalue weighted by atomic mass is 16.5. The van der Waals surface area contributed by atoms with E-state index in [-0.39, 0.29) is 6.17 Å². The first kappa shape index (κ1) is 14.0. The van der Waals surface area contributed by atoms with Crippen molar-refractivity contribution < 1.29 is 4.74 Å². The molecule has 0 amide bonds. The van der Waals surface area contributed by atoms with Gasteiger partial charge in [-0.2, -0.15) is 0 Å². The van der Waals surface area contributed by atoms with Crippen molar-refractivity contribution >= 4 is 0 Å². The molecule has 0 aliphatic carbocycles. The van der Waals surface area contributed by atoms with Crippen LogP contribution >= 0.6 is 0 Å². The lowest BCUT2D eigenvalue weighted by molar-refractivity contribution is 0.304. The van der Waals surface area contributed by atoms with E-state index < -0.39 is 0 Å². The van der Waals surface area contributed by atoms with E-state index in [4.69, 9.17) is 16.3 Å². The summed E-state index contributed by atoms with van der Waals surface area (Å²) in [6, 6.07) is 7.71. The second kappa shape index (κ2) is 8.06. The molecule has 0 radical (unpaired) electrons. The first-order chi connectivity index (χ1) is 8.27. The van der Waals surface area contributed by atoms with Crippen LogP contribution in [-0.4, -0.2) is 6.61 Å². The largest absolute Gasteiger partial charge is 0.494 e. The number of hydrazine groups is 1. The molecule has 0 heterocycles. The zero-order valence-corrected chi connectivity index (χ0v) is 10.5. The van der Waals surface area contributed by atoms with E-state index in [1.54, 1.807) is 0 Å². The fourth-order valence-electron chi connectivity index (χ4n) is 1.61. The van der Waals surface area contributed by atoms with Gasteiger partial charge in [-0.15, -0.1) is 0 Å². The van der Waals surface area contributed by atoms with Gasteiger partial charge in [0.05, 0.1) is 12.8 Å². The summed E-state index contributed by atoms with van der Waals surface area (Å²) < 4.78 is 5.66. The molecule has 96 valence electrons. The molecule has 17 heavy (non-hydrogen) atoms. The van der Waals surface area contributed by atoms with Crippen molar-refractivity contribution in [2.45, 2.75) is 38.8 Å². The van der Waals surface area contributed by atoms with Crippen molar-refractivity contribution in [1.29, 1.82) is 0 Å². The van der Waals surface area contributed by atoms with Crippen molar-refractivity contribution in [2.75, 3.05) is 6.61 Å². The molecule has 0 saturated heterocycles. The number of ether oxygens (including phenoxy) is 1.